The van der Waals surface area contributed by atoms with Crippen LogP contribution in [0.5, 0.6) is 5.75 Å². The first-order chi connectivity index (χ1) is 18.0. The minimum absolute atomic E-state index is 0.140. The van der Waals surface area contributed by atoms with E-state index in [9.17, 15) is 22.8 Å². The van der Waals surface area contributed by atoms with Crippen molar-refractivity contribution in [3.63, 3.8) is 0 Å². The van der Waals surface area contributed by atoms with E-state index in [0.29, 0.717) is 27.4 Å². The van der Waals surface area contributed by atoms with E-state index in [-0.39, 0.29) is 21.5 Å². The van der Waals surface area contributed by atoms with Gasteiger partial charge in [-0.05, 0) is 93.8 Å². The number of thiazole rings is 1. The average molecular weight is 742 g/mol. The quantitative estimate of drug-likeness (QED) is 0.238. The van der Waals surface area contributed by atoms with Crippen molar-refractivity contribution < 1.29 is 27.4 Å². The monoisotopic (exact) mass is 740 g/mol. The van der Waals surface area contributed by atoms with Gasteiger partial charge >= 0.3 is 12.1 Å². The zero-order chi connectivity index (χ0) is 27.8. The maximum Gasteiger partial charge on any atom is 0.434 e. The van der Waals surface area contributed by atoms with Crippen LogP contribution >= 0.6 is 61.5 Å². The first-order valence-corrected chi connectivity index (χ1v) is 14.2. The Morgan fingerprint density at radius 1 is 1.24 bits per heavy atom. The van der Waals surface area contributed by atoms with Crippen LogP contribution in [0.4, 0.5) is 13.2 Å². The maximum atomic E-state index is 14.2. The van der Waals surface area contributed by atoms with Crippen LogP contribution in [0.2, 0.25) is 5.02 Å². The molecule has 2 heterocycles. The van der Waals surface area contributed by atoms with E-state index in [4.69, 9.17) is 21.1 Å². The zero-order valence-corrected chi connectivity index (χ0v) is 25.1. The number of allylic oxidation sites excluding steroid dienone is 1. The minimum Gasteiger partial charge on any atom is -0.492 e. The molecule has 200 valence electrons. The molecule has 3 aromatic rings. The number of aromatic nitrogens is 1. The first-order valence-electron chi connectivity index (χ1n) is 11.1. The first kappa shape index (κ1) is 28.8. The van der Waals surface area contributed by atoms with E-state index in [0.717, 1.165) is 19.5 Å². The Labute approximate surface area is 245 Å². The summed E-state index contributed by atoms with van der Waals surface area (Å²) in [6.07, 6.45) is -3.41. The number of carbonyl (C=O) groups is 1. The summed E-state index contributed by atoms with van der Waals surface area (Å²) in [6.45, 7) is 3.64. The summed E-state index contributed by atoms with van der Waals surface area (Å²) in [5, 5.41) is 0.342. The second-order valence-electron chi connectivity index (χ2n) is 7.86. The Kier molecular flexibility index (Phi) is 8.75. The van der Waals surface area contributed by atoms with Gasteiger partial charge in [-0.3, -0.25) is 9.36 Å². The Morgan fingerprint density at radius 3 is 2.50 bits per heavy atom. The molecular formula is C25H18BrClF3IN2O4S. The maximum absolute atomic E-state index is 14.2. The van der Waals surface area contributed by atoms with Gasteiger partial charge in [-0.1, -0.05) is 35.1 Å². The Balaban J connectivity index is 2.01. The summed E-state index contributed by atoms with van der Waals surface area (Å²) in [7, 11) is 0. The average Bonchev–Trinajstić information content (AvgIpc) is 3.15. The van der Waals surface area contributed by atoms with Crippen molar-refractivity contribution in [1.82, 2.24) is 4.57 Å². The van der Waals surface area contributed by atoms with Gasteiger partial charge in [0.05, 0.1) is 37.4 Å². The summed E-state index contributed by atoms with van der Waals surface area (Å²) < 4.78 is 55.9. The predicted molar refractivity (Wildman–Crippen MR) is 150 cm³/mol. The van der Waals surface area contributed by atoms with Gasteiger partial charge in [0.2, 0.25) is 0 Å². The summed E-state index contributed by atoms with van der Waals surface area (Å²) in [5.74, 6) is -0.564. The number of nitrogens with zero attached hydrogens (tertiary/aromatic N) is 2. The second-order valence-corrected chi connectivity index (χ2v) is 11.3. The van der Waals surface area contributed by atoms with Crippen LogP contribution in [0.15, 0.2) is 61.9 Å². The fourth-order valence-electron chi connectivity index (χ4n) is 3.90. The molecule has 1 aromatic heterocycles. The third-order valence-corrected chi connectivity index (χ3v) is 8.01. The van der Waals surface area contributed by atoms with Crippen molar-refractivity contribution in [2.45, 2.75) is 26.1 Å². The Morgan fingerprint density at radius 2 is 1.92 bits per heavy atom. The van der Waals surface area contributed by atoms with Gasteiger partial charge < -0.3 is 9.47 Å². The molecule has 0 bridgehead atoms. The lowest BCUT2D eigenvalue weighted by atomic mass is 9.95. The third-order valence-electron chi connectivity index (χ3n) is 5.39. The standard InChI is InChI=1S/C25H18BrClF3IN2O4S/c1-3-36-20-15(26)9-12(10-16(20)31)11-17-22(34)33-19(13-5-7-14(27)8-6-13)18(23(35)37-4-2)21(25(28,29)30)32-24(33)38-17/h5-11,19H,3-4H2,1-2H3/b17-11-/t19-/m1/s1. The lowest BCUT2D eigenvalue weighted by Gasteiger charge is -2.26. The van der Waals surface area contributed by atoms with E-state index in [1.165, 1.54) is 31.2 Å². The van der Waals surface area contributed by atoms with Crippen LogP contribution in [0.25, 0.3) is 6.08 Å². The molecule has 0 unspecified atom stereocenters. The lowest BCUT2D eigenvalue weighted by molar-refractivity contribution is -0.140. The molecule has 1 aliphatic heterocycles. The van der Waals surface area contributed by atoms with Crippen LogP contribution in [-0.4, -0.2) is 29.9 Å². The lowest BCUT2D eigenvalue weighted by Crippen LogP contribution is -2.41. The number of esters is 1. The molecular weight excluding hydrogens is 724 g/mol. The van der Waals surface area contributed by atoms with Crippen LogP contribution in [0.1, 0.15) is 31.0 Å². The summed E-state index contributed by atoms with van der Waals surface area (Å²) in [4.78, 5) is 30.1. The van der Waals surface area contributed by atoms with Gasteiger partial charge in [-0.15, -0.1) is 0 Å². The topological polar surface area (TPSA) is 69.9 Å². The van der Waals surface area contributed by atoms with E-state index >= 15 is 0 Å². The molecule has 0 saturated heterocycles. The fourth-order valence-corrected chi connectivity index (χ4v) is 6.79. The molecule has 13 heteroatoms. The van der Waals surface area contributed by atoms with Crippen molar-refractivity contribution in [2.75, 3.05) is 13.2 Å². The number of carbonyl (C=O) groups excluding carboxylic acids is 1. The van der Waals surface area contributed by atoms with Crippen LogP contribution in [-0.2, 0) is 9.53 Å². The van der Waals surface area contributed by atoms with E-state index in [1.54, 1.807) is 18.2 Å². The molecule has 1 aliphatic rings. The highest BCUT2D eigenvalue weighted by molar-refractivity contribution is 14.1. The second kappa shape index (κ2) is 11.5. The van der Waals surface area contributed by atoms with E-state index < -0.39 is 35.0 Å². The van der Waals surface area contributed by atoms with Crippen molar-refractivity contribution in [1.29, 1.82) is 0 Å². The molecule has 4 rings (SSSR count). The van der Waals surface area contributed by atoms with Crippen molar-refractivity contribution >= 4 is 73.5 Å². The predicted octanol–water partition coefficient (Wildman–Crippen LogP) is 5.76. The number of alkyl halides is 3. The van der Waals surface area contributed by atoms with Gasteiger partial charge in [0, 0.05) is 5.02 Å². The van der Waals surface area contributed by atoms with Crippen molar-refractivity contribution in [3.8, 4) is 5.75 Å². The fraction of sp³-hybridized carbons (Fsp3) is 0.240. The number of benzene rings is 2. The number of fused-ring (bicyclic) bond motifs is 1. The SMILES string of the molecule is CCOC(=O)C1=C(C(F)(F)F)N=c2s/c(=C\c3cc(Br)c(OCC)c(I)c3)c(=O)n2[C@@H]1c1ccc(Cl)cc1. The molecule has 1 atom stereocenters. The highest BCUT2D eigenvalue weighted by Gasteiger charge is 2.45. The number of ether oxygens (including phenoxy) is 2. The van der Waals surface area contributed by atoms with Crippen LogP contribution in [0, 0.1) is 3.57 Å². The number of rotatable bonds is 6. The molecule has 2 aromatic carbocycles. The van der Waals surface area contributed by atoms with Crippen LogP contribution < -0.4 is 19.6 Å². The summed E-state index contributed by atoms with van der Waals surface area (Å²) >= 11 is 12.4. The molecule has 0 amide bonds. The molecule has 0 N–H and O–H groups in total. The molecule has 6 nitrogen and oxygen atoms in total. The molecule has 0 fully saturated rings. The largest absolute Gasteiger partial charge is 0.492 e. The van der Waals surface area contributed by atoms with Gasteiger partial charge in [0.25, 0.3) is 5.56 Å². The number of halogens is 6. The molecule has 0 saturated carbocycles. The minimum atomic E-state index is -4.97. The van der Waals surface area contributed by atoms with E-state index in [2.05, 4.69) is 43.5 Å². The number of hydrogen-bond donors (Lipinski definition) is 0. The smallest absolute Gasteiger partial charge is 0.434 e. The normalized spacial score (nSPS) is 15.8. The van der Waals surface area contributed by atoms with Crippen molar-refractivity contribution in [3.05, 3.63) is 91.5 Å². The van der Waals surface area contributed by atoms with Crippen molar-refractivity contribution in [2.24, 2.45) is 4.99 Å². The number of hydrogen-bond acceptors (Lipinski definition) is 6. The summed E-state index contributed by atoms with van der Waals surface area (Å²) in [5.41, 5.74) is -1.89. The van der Waals surface area contributed by atoms with Crippen LogP contribution in [0.3, 0.4) is 0 Å². The zero-order valence-electron chi connectivity index (χ0n) is 19.7. The Bertz CT molecular complexity index is 1590. The highest BCUT2D eigenvalue weighted by atomic mass is 127. The van der Waals surface area contributed by atoms with E-state index in [1.807, 2.05) is 6.92 Å². The molecule has 0 aliphatic carbocycles. The van der Waals surface area contributed by atoms with Gasteiger partial charge in [-0.2, -0.15) is 13.2 Å². The Hall–Kier alpha value is -2.16. The summed E-state index contributed by atoms with van der Waals surface area (Å²) in [6, 6.07) is 7.99. The molecule has 0 radical (unpaired) electrons. The highest BCUT2D eigenvalue weighted by Crippen LogP contribution is 2.38. The molecule has 38 heavy (non-hydrogen) atoms. The third kappa shape index (κ3) is 5.73. The molecule has 0 spiro atoms. The van der Waals surface area contributed by atoms with Gasteiger partial charge in [0.1, 0.15) is 5.75 Å². The van der Waals surface area contributed by atoms with Gasteiger partial charge in [0.15, 0.2) is 10.5 Å². The van der Waals surface area contributed by atoms with Gasteiger partial charge in [-0.25, -0.2) is 9.79 Å².